The van der Waals surface area contributed by atoms with Crippen LogP contribution in [-0.2, 0) is 16.1 Å². The zero-order valence-electron chi connectivity index (χ0n) is 11.8. The molecule has 0 saturated carbocycles. The summed E-state index contributed by atoms with van der Waals surface area (Å²) in [5, 5.41) is 0. The SMILES string of the molecule is CC1CC(OCc2nc3cc(N)ccc3o2)CC(C)O1. The van der Waals surface area contributed by atoms with Crippen molar-refractivity contribution in [2.45, 2.75) is 51.6 Å². The molecule has 5 heteroatoms. The van der Waals surface area contributed by atoms with Gasteiger partial charge in [0.25, 0.3) is 0 Å². The van der Waals surface area contributed by atoms with Gasteiger partial charge < -0.3 is 19.6 Å². The van der Waals surface area contributed by atoms with Gasteiger partial charge >= 0.3 is 0 Å². The normalized spacial score (nSPS) is 27.0. The van der Waals surface area contributed by atoms with Gasteiger partial charge in [-0.2, -0.15) is 0 Å². The van der Waals surface area contributed by atoms with E-state index in [4.69, 9.17) is 19.6 Å². The number of rotatable bonds is 3. The largest absolute Gasteiger partial charge is 0.438 e. The smallest absolute Gasteiger partial charge is 0.221 e. The number of anilines is 1. The van der Waals surface area contributed by atoms with Crippen LogP contribution in [0.1, 0.15) is 32.6 Å². The molecule has 2 unspecified atom stereocenters. The van der Waals surface area contributed by atoms with Gasteiger partial charge in [-0.1, -0.05) is 0 Å². The van der Waals surface area contributed by atoms with Crippen LogP contribution >= 0.6 is 0 Å². The van der Waals surface area contributed by atoms with E-state index in [1.807, 2.05) is 6.07 Å². The first-order chi connectivity index (χ1) is 9.60. The molecular weight excluding hydrogens is 256 g/mol. The Bertz CT molecular complexity index is 586. The number of nitrogen functional groups attached to an aromatic ring is 1. The van der Waals surface area contributed by atoms with Crippen LogP contribution in [-0.4, -0.2) is 23.3 Å². The molecule has 1 saturated heterocycles. The summed E-state index contributed by atoms with van der Waals surface area (Å²) in [7, 11) is 0. The molecule has 1 fully saturated rings. The zero-order valence-corrected chi connectivity index (χ0v) is 11.8. The molecule has 0 radical (unpaired) electrons. The Labute approximate surface area is 118 Å². The number of ether oxygens (including phenoxy) is 2. The van der Waals surface area contributed by atoms with E-state index in [2.05, 4.69) is 18.8 Å². The third kappa shape index (κ3) is 2.94. The zero-order chi connectivity index (χ0) is 14.1. The summed E-state index contributed by atoms with van der Waals surface area (Å²) in [6.45, 7) is 4.54. The fraction of sp³-hybridized carbons (Fsp3) is 0.533. The minimum absolute atomic E-state index is 0.203. The summed E-state index contributed by atoms with van der Waals surface area (Å²) < 4.78 is 17.2. The second-order valence-electron chi connectivity index (χ2n) is 5.50. The number of fused-ring (bicyclic) bond motifs is 1. The van der Waals surface area contributed by atoms with Crippen LogP contribution in [0.2, 0.25) is 0 Å². The summed E-state index contributed by atoms with van der Waals surface area (Å²) in [5.41, 5.74) is 7.93. The van der Waals surface area contributed by atoms with Crippen LogP contribution in [0.15, 0.2) is 22.6 Å². The molecule has 1 aliphatic rings. The maximum absolute atomic E-state index is 5.90. The first-order valence-corrected chi connectivity index (χ1v) is 7.02. The van der Waals surface area contributed by atoms with Crippen LogP contribution in [0.4, 0.5) is 5.69 Å². The van der Waals surface area contributed by atoms with E-state index < -0.39 is 0 Å². The second-order valence-corrected chi connectivity index (χ2v) is 5.50. The number of hydrogen-bond donors (Lipinski definition) is 1. The number of nitrogens with two attached hydrogens (primary N) is 1. The highest BCUT2D eigenvalue weighted by Gasteiger charge is 2.25. The quantitative estimate of drug-likeness (QED) is 0.873. The van der Waals surface area contributed by atoms with Crippen molar-refractivity contribution in [3.63, 3.8) is 0 Å². The maximum Gasteiger partial charge on any atom is 0.221 e. The van der Waals surface area contributed by atoms with Crippen molar-refractivity contribution in [2.24, 2.45) is 0 Å². The van der Waals surface area contributed by atoms with Crippen LogP contribution in [0, 0.1) is 0 Å². The minimum atomic E-state index is 0.203. The highest BCUT2D eigenvalue weighted by molar-refractivity contribution is 5.76. The Morgan fingerprint density at radius 1 is 1.30 bits per heavy atom. The van der Waals surface area contributed by atoms with Crippen molar-refractivity contribution in [3.8, 4) is 0 Å². The summed E-state index contributed by atoms with van der Waals surface area (Å²) in [6.07, 6.45) is 2.52. The van der Waals surface area contributed by atoms with Crippen molar-refractivity contribution >= 4 is 16.8 Å². The number of nitrogens with zero attached hydrogens (tertiary/aromatic N) is 1. The Morgan fingerprint density at radius 2 is 2.05 bits per heavy atom. The first kappa shape index (κ1) is 13.4. The van der Waals surface area contributed by atoms with Gasteiger partial charge in [-0.05, 0) is 44.9 Å². The lowest BCUT2D eigenvalue weighted by atomic mass is 10.0. The molecule has 108 valence electrons. The molecule has 2 atom stereocenters. The van der Waals surface area contributed by atoms with Crippen LogP contribution in [0.3, 0.4) is 0 Å². The van der Waals surface area contributed by atoms with Gasteiger partial charge in [0.1, 0.15) is 12.1 Å². The summed E-state index contributed by atoms with van der Waals surface area (Å²) in [4.78, 5) is 4.39. The molecule has 1 aliphatic heterocycles. The molecule has 2 aromatic rings. The topological polar surface area (TPSA) is 70.5 Å². The molecule has 1 aromatic heterocycles. The molecule has 0 amide bonds. The van der Waals surface area contributed by atoms with E-state index in [1.165, 1.54) is 0 Å². The van der Waals surface area contributed by atoms with Crippen LogP contribution in [0.5, 0.6) is 0 Å². The van der Waals surface area contributed by atoms with Crippen molar-refractivity contribution in [2.75, 3.05) is 5.73 Å². The average Bonchev–Trinajstić information content (AvgIpc) is 2.77. The standard InChI is InChI=1S/C15H20N2O3/c1-9-5-12(6-10(2)19-9)18-8-15-17-13-7-11(16)3-4-14(13)20-15/h3-4,7,9-10,12H,5-6,8,16H2,1-2H3. The molecule has 2 heterocycles. The fourth-order valence-corrected chi connectivity index (χ4v) is 2.72. The van der Waals surface area contributed by atoms with E-state index in [0.717, 1.165) is 23.9 Å². The molecule has 2 N–H and O–H groups in total. The van der Waals surface area contributed by atoms with Gasteiger partial charge in [0, 0.05) is 5.69 Å². The van der Waals surface area contributed by atoms with Gasteiger partial charge in [0.05, 0.1) is 18.3 Å². The number of benzene rings is 1. The molecule has 5 nitrogen and oxygen atoms in total. The van der Waals surface area contributed by atoms with E-state index in [9.17, 15) is 0 Å². The lowest BCUT2D eigenvalue weighted by Crippen LogP contribution is -2.34. The van der Waals surface area contributed by atoms with Gasteiger partial charge in [-0.25, -0.2) is 4.98 Å². The predicted molar refractivity (Wildman–Crippen MR) is 76.2 cm³/mol. The Morgan fingerprint density at radius 3 is 2.80 bits per heavy atom. The summed E-state index contributed by atoms with van der Waals surface area (Å²) in [6, 6.07) is 5.45. The molecule has 1 aromatic carbocycles. The molecular formula is C15H20N2O3. The van der Waals surface area contributed by atoms with Gasteiger partial charge in [-0.15, -0.1) is 0 Å². The van der Waals surface area contributed by atoms with E-state index in [1.54, 1.807) is 12.1 Å². The summed E-state index contributed by atoms with van der Waals surface area (Å²) >= 11 is 0. The lowest BCUT2D eigenvalue weighted by Gasteiger charge is -2.31. The highest BCUT2D eigenvalue weighted by atomic mass is 16.5. The molecule has 0 bridgehead atoms. The minimum Gasteiger partial charge on any atom is -0.438 e. The van der Waals surface area contributed by atoms with Crippen LogP contribution < -0.4 is 5.73 Å². The Kier molecular flexibility index (Phi) is 3.63. The van der Waals surface area contributed by atoms with E-state index in [-0.39, 0.29) is 18.3 Å². The van der Waals surface area contributed by atoms with E-state index >= 15 is 0 Å². The molecule has 0 aliphatic carbocycles. The monoisotopic (exact) mass is 276 g/mol. The van der Waals surface area contributed by atoms with Crippen molar-refractivity contribution in [1.29, 1.82) is 0 Å². The fourth-order valence-electron chi connectivity index (χ4n) is 2.72. The number of aromatic nitrogens is 1. The lowest BCUT2D eigenvalue weighted by molar-refractivity contribution is -0.108. The Hall–Kier alpha value is -1.59. The van der Waals surface area contributed by atoms with Gasteiger partial charge in [0.15, 0.2) is 5.58 Å². The molecule has 20 heavy (non-hydrogen) atoms. The predicted octanol–water partition coefficient (Wildman–Crippen LogP) is 2.88. The number of hydrogen-bond acceptors (Lipinski definition) is 5. The number of oxazole rings is 1. The second kappa shape index (κ2) is 5.42. The first-order valence-electron chi connectivity index (χ1n) is 7.02. The Balaban J connectivity index is 1.64. The molecule has 0 spiro atoms. The third-order valence-electron chi connectivity index (χ3n) is 3.55. The van der Waals surface area contributed by atoms with Crippen molar-refractivity contribution in [3.05, 3.63) is 24.1 Å². The van der Waals surface area contributed by atoms with Crippen LogP contribution in [0.25, 0.3) is 11.1 Å². The third-order valence-corrected chi connectivity index (χ3v) is 3.55. The van der Waals surface area contributed by atoms with Gasteiger partial charge in [0.2, 0.25) is 5.89 Å². The van der Waals surface area contributed by atoms with E-state index in [0.29, 0.717) is 18.2 Å². The molecule has 3 rings (SSSR count). The van der Waals surface area contributed by atoms with Gasteiger partial charge in [-0.3, -0.25) is 0 Å². The summed E-state index contributed by atoms with van der Waals surface area (Å²) in [5.74, 6) is 0.595. The average molecular weight is 276 g/mol. The highest BCUT2D eigenvalue weighted by Crippen LogP contribution is 2.24. The van der Waals surface area contributed by atoms with Crippen molar-refractivity contribution < 1.29 is 13.9 Å². The maximum atomic E-state index is 5.90. The van der Waals surface area contributed by atoms with Crippen molar-refractivity contribution in [1.82, 2.24) is 4.98 Å².